The first-order valence-corrected chi connectivity index (χ1v) is 8.92. The first-order chi connectivity index (χ1) is 14.0. The molecule has 0 atom stereocenters. The number of aromatic amines is 1. The molecule has 3 aromatic rings. The molecule has 1 amide bonds. The van der Waals surface area contributed by atoms with E-state index < -0.39 is 11.4 Å². The number of fused-ring (bicyclic) bond motifs is 1. The van der Waals surface area contributed by atoms with Crippen molar-refractivity contribution in [2.24, 2.45) is 0 Å². The molecule has 0 aliphatic rings. The van der Waals surface area contributed by atoms with Gasteiger partial charge in [0, 0.05) is 19.5 Å². The largest absolute Gasteiger partial charge is 0.382 e. The molecule has 1 heterocycles. The zero-order valence-corrected chi connectivity index (χ0v) is 15.4. The van der Waals surface area contributed by atoms with Gasteiger partial charge in [0.15, 0.2) is 0 Å². The maximum atomic E-state index is 13.5. The number of carbonyl (C=O) groups excluding carboxylic acids is 1. The first kappa shape index (κ1) is 19.8. The topological polar surface area (TPSA) is 120 Å². The van der Waals surface area contributed by atoms with Gasteiger partial charge >= 0.3 is 0 Å². The van der Waals surface area contributed by atoms with Gasteiger partial charge in [0.2, 0.25) is 5.91 Å². The molecule has 0 aliphatic carbocycles. The Morgan fingerprint density at radius 3 is 2.62 bits per heavy atom. The number of hydrogen-bond acceptors (Lipinski definition) is 5. The van der Waals surface area contributed by atoms with Gasteiger partial charge in [0.05, 0.1) is 23.0 Å². The van der Waals surface area contributed by atoms with E-state index in [2.05, 4.69) is 15.7 Å². The van der Waals surface area contributed by atoms with Crippen molar-refractivity contribution in [3.05, 3.63) is 74.6 Å². The fourth-order valence-electron chi connectivity index (χ4n) is 2.89. The highest BCUT2D eigenvalue weighted by Crippen LogP contribution is 2.17. The number of amides is 1. The lowest BCUT2D eigenvalue weighted by molar-refractivity contribution is -0.121. The van der Waals surface area contributed by atoms with Crippen molar-refractivity contribution in [2.75, 3.05) is 18.4 Å². The van der Waals surface area contributed by atoms with Crippen molar-refractivity contribution in [1.29, 1.82) is 5.26 Å². The van der Waals surface area contributed by atoms with Crippen LogP contribution in [0.25, 0.3) is 10.8 Å². The van der Waals surface area contributed by atoms with Crippen LogP contribution in [0, 0.1) is 17.1 Å². The van der Waals surface area contributed by atoms with Crippen molar-refractivity contribution in [2.45, 2.75) is 13.0 Å². The minimum absolute atomic E-state index is 0.00238. The molecule has 29 heavy (non-hydrogen) atoms. The summed E-state index contributed by atoms with van der Waals surface area (Å²) < 4.78 is 14.6. The van der Waals surface area contributed by atoms with E-state index in [0.717, 1.165) is 4.68 Å². The zero-order valence-electron chi connectivity index (χ0n) is 15.4. The van der Waals surface area contributed by atoms with E-state index in [9.17, 15) is 18.8 Å². The molecule has 0 bridgehead atoms. The highest BCUT2D eigenvalue weighted by Gasteiger charge is 2.09. The summed E-state index contributed by atoms with van der Waals surface area (Å²) in [6.07, 6.45) is -0.00238. The Morgan fingerprint density at radius 1 is 1.10 bits per heavy atom. The second kappa shape index (κ2) is 8.84. The van der Waals surface area contributed by atoms with Crippen molar-refractivity contribution in [3.63, 3.8) is 0 Å². The third kappa shape index (κ3) is 4.50. The number of carbonyl (C=O) groups is 1. The minimum Gasteiger partial charge on any atom is -0.382 e. The summed E-state index contributed by atoms with van der Waals surface area (Å²) in [4.78, 5) is 36.4. The standard InChI is InChI=1S/C20H18FN5O3/c21-16-6-3-7-17(15(16)12-22)23-9-10-24-18(27)8-11-26-20(29)14-5-2-1-4-13(14)19(28)25-26/h1-7,23H,8-11H2,(H,24,27)(H,25,28). The zero-order chi connectivity index (χ0) is 20.8. The molecule has 9 heteroatoms. The number of nitriles is 1. The highest BCUT2D eigenvalue weighted by molar-refractivity contribution is 5.80. The number of aromatic nitrogens is 2. The smallest absolute Gasteiger partial charge is 0.273 e. The van der Waals surface area contributed by atoms with Crippen molar-refractivity contribution < 1.29 is 9.18 Å². The van der Waals surface area contributed by atoms with Crippen molar-refractivity contribution in [1.82, 2.24) is 15.1 Å². The molecule has 0 saturated carbocycles. The SMILES string of the molecule is N#Cc1c(F)cccc1NCCNC(=O)CCn1[nH]c(=O)c2ccccc2c1=O. The summed E-state index contributed by atoms with van der Waals surface area (Å²) >= 11 is 0. The van der Waals surface area contributed by atoms with Gasteiger partial charge in [-0.3, -0.25) is 19.5 Å². The molecule has 3 N–H and O–H groups in total. The molecule has 1 aromatic heterocycles. The van der Waals surface area contributed by atoms with Gasteiger partial charge in [0.1, 0.15) is 17.4 Å². The summed E-state index contributed by atoms with van der Waals surface area (Å²) in [5, 5.41) is 17.6. The minimum atomic E-state index is -0.614. The maximum absolute atomic E-state index is 13.5. The fourth-order valence-corrected chi connectivity index (χ4v) is 2.89. The number of anilines is 1. The van der Waals surface area contributed by atoms with Crippen LogP contribution in [0.2, 0.25) is 0 Å². The molecule has 0 saturated heterocycles. The quantitative estimate of drug-likeness (QED) is 0.521. The van der Waals surface area contributed by atoms with Crippen molar-refractivity contribution >= 4 is 22.4 Å². The van der Waals surface area contributed by atoms with E-state index in [-0.39, 0.29) is 43.1 Å². The van der Waals surface area contributed by atoms with E-state index in [0.29, 0.717) is 16.5 Å². The van der Waals surface area contributed by atoms with Crippen LogP contribution in [-0.2, 0) is 11.3 Å². The summed E-state index contributed by atoms with van der Waals surface area (Å²) in [6, 6.07) is 12.5. The average molecular weight is 395 g/mol. The Hall–Kier alpha value is -3.93. The predicted octanol–water partition coefficient (Wildman–Crippen LogP) is 1.32. The molecule has 0 spiro atoms. The Labute approximate surface area is 164 Å². The Kier molecular flexibility index (Phi) is 6.04. The van der Waals surface area contributed by atoms with Gasteiger partial charge < -0.3 is 10.6 Å². The van der Waals surface area contributed by atoms with Gasteiger partial charge in [-0.15, -0.1) is 0 Å². The number of nitrogens with zero attached hydrogens (tertiary/aromatic N) is 2. The lowest BCUT2D eigenvalue weighted by atomic mass is 10.2. The molecule has 8 nitrogen and oxygen atoms in total. The van der Waals surface area contributed by atoms with Crippen LogP contribution in [0.3, 0.4) is 0 Å². The molecule has 0 aliphatic heterocycles. The number of hydrogen-bond donors (Lipinski definition) is 3. The third-order valence-electron chi connectivity index (χ3n) is 4.33. The van der Waals surface area contributed by atoms with Crippen LogP contribution in [-0.4, -0.2) is 28.8 Å². The molecular formula is C20H18FN5O3. The molecule has 3 rings (SSSR count). The highest BCUT2D eigenvalue weighted by atomic mass is 19.1. The number of benzene rings is 2. The van der Waals surface area contributed by atoms with Gasteiger partial charge in [-0.2, -0.15) is 5.26 Å². The summed E-state index contributed by atoms with van der Waals surface area (Å²) in [7, 11) is 0. The number of rotatable bonds is 7. The van der Waals surface area contributed by atoms with Crippen LogP contribution < -0.4 is 21.8 Å². The summed E-state index contributed by atoms with van der Waals surface area (Å²) in [6.45, 7) is 0.556. The summed E-state index contributed by atoms with van der Waals surface area (Å²) in [5.74, 6) is -0.927. The monoisotopic (exact) mass is 395 g/mol. The Bertz CT molecular complexity index is 1210. The second-order valence-electron chi connectivity index (χ2n) is 6.24. The van der Waals surface area contributed by atoms with Crippen LogP contribution in [0.4, 0.5) is 10.1 Å². The predicted molar refractivity (Wildman–Crippen MR) is 106 cm³/mol. The van der Waals surface area contributed by atoms with E-state index in [4.69, 9.17) is 5.26 Å². The van der Waals surface area contributed by atoms with Crippen LogP contribution in [0.15, 0.2) is 52.1 Å². The van der Waals surface area contributed by atoms with Crippen LogP contribution >= 0.6 is 0 Å². The number of halogens is 1. The molecule has 0 radical (unpaired) electrons. The Morgan fingerprint density at radius 2 is 1.86 bits per heavy atom. The van der Waals surface area contributed by atoms with E-state index in [1.165, 1.54) is 12.1 Å². The lowest BCUT2D eigenvalue weighted by Gasteiger charge is -2.10. The van der Waals surface area contributed by atoms with Crippen molar-refractivity contribution in [3.8, 4) is 6.07 Å². The van der Waals surface area contributed by atoms with Gasteiger partial charge in [0.25, 0.3) is 11.1 Å². The van der Waals surface area contributed by atoms with Crippen LogP contribution in [0.5, 0.6) is 0 Å². The molecule has 0 fully saturated rings. The number of aryl methyl sites for hydroxylation is 1. The Balaban J connectivity index is 1.53. The number of nitrogens with one attached hydrogen (secondary N) is 3. The van der Waals surface area contributed by atoms with Crippen LogP contribution in [0.1, 0.15) is 12.0 Å². The molecule has 0 unspecified atom stereocenters. The average Bonchev–Trinajstić information content (AvgIpc) is 2.73. The van der Waals surface area contributed by atoms with Gasteiger partial charge in [-0.25, -0.2) is 9.07 Å². The second-order valence-corrected chi connectivity index (χ2v) is 6.24. The van der Waals surface area contributed by atoms with Gasteiger partial charge in [-0.05, 0) is 24.3 Å². The number of H-pyrrole nitrogens is 1. The maximum Gasteiger partial charge on any atom is 0.273 e. The van der Waals surface area contributed by atoms with Gasteiger partial charge in [-0.1, -0.05) is 18.2 Å². The normalized spacial score (nSPS) is 10.5. The van der Waals surface area contributed by atoms with E-state index in [1.54, 1.807) is 36.4 Å². The van der Waals surface area contributed by atoms with E-state index >= 15 is 0 Å². The molecule has 2 aromatic carbocycles. The molecule has 148 valence electrons. The molecular weight excluding hydrogens is 377 g/mol. The third-order valence-corrected chi connectivity index (χ3v) is 4.33. The fraction of sp³-hybridized carbons (Fsp3) is 0.200. The summed E-state index contributed by atoms with van der Waals surface area (Å²) in [5.41, 5.74) is -0.501. The lowest BCUT2D eigenvalue weighted by Crippen LogP contribution is -2.33. The first-order valence-electron chi connectivity index (χ1n) is 8.92. The van der Waals surface area contributed by atoms with E-state index in [1.807, 2.05) is 0 Å².